The molecule has 0 radical (unpaired) electrons. The van der Waals surface area contributed by atoms with Crippen molar-refractivity contribution in [3.05, 3.63) is 47.3 Å². The molecule has 4 nitrogen and oxygen atoms in total. The number of carbonyl (C=O) groups excluding carboxylic acids is 1. The van der Waals surface area contributed by atoms with Gasteiger partial charge < -0.3 is 0 Å². The maximum atomic E-state index is 10.9. The molecule has 2 rings (SSSR count). The topological polar surface area (TPSA) is 47.8 Å². The van der Waals surface area contributed by atoms with E-state index >= 15 is 0 Å². The molecule has 0 N–H and O–H groups in total. The van der Waals surface area contributed by atoms with E-state index in [1.54, 1.807) is 4.68 Å². The zero-order valence-corrected chi connectivity index (χ0v) is 10.00. The zero-order chi connectivity index (χ0) is 12.3. The molecule has 1 aromatic carbocycles. The van der Waals surface area contributed by atoms with Crippen LogP contribution in [0.4, 0.5) is 0 Å². The number of aromatic nitrogens is 3. The average molecular weight is 229 g/mol. The highest BCUT2D eigenvalue weighted by molar-refractivity contribution is 5.73. The standard InChI is InChI=1S/C13H15N3O/c1-10(2)13-12(9-17)14-15-16(13)8-11-6-4-3-5-7-11/h3-7,9-10H,8H2,1-2H3. The number of hydrogen-bond donors (Lipinski definition) is 0. The first kappa shape index (κ1) is 11.5. The third-order valence-electron chi connectivity index (χ3n) is 2.63. The first-order valence-corrected chi connectivity index (χ1v) is 5.65. The van der Waals surface area contributed by atoms with Crippen LogP contribution in [0.2, 0.25) is 0 Å². The summed E-state index contributed by atoms with van der Waals surface area (Å²) in [5.41, 5.74) is 2.48. The fourth-order valence-electron chi connectivity index (χ4n) is 1.88. The molecule has 0 spiro atoms. The van der Waals surface area contributed by atoms with Gasteiger partial charge in [-0.25, -0.2) is 4.68 Å². The van der Waals surface area contributed by atoms with Crippen molar-refractivity contribution in [2.45, 2.75) is 26.3 Å². The molecular formula is C13H15N3O. The van der Waals surface area contributed by atoms with Crippen molar-refractivity contribution in [1.82, 2.24) is 15.0 Å². The van der Waals surface area contributed by atoms with Gasteiger partial charge in [0.2, 0.25) is 0 Å². The Balaban J connectivity index is 2.33. The number of aldehydes is 1. The number of benzene rings is 1. The van der Waals surface area contributed by atoms with Crippen molar-refractivity contribution in [2.75, 3.05) is 0 Å². The minimum absolute atomic E-state index is 0.230. The van der Waals surface area contributed by atoms with Crippen LogP contribution in [0, 0.1) is 0 Å². The van der Waals surface area contributed by atoms with E-state index in [-0.39, 0.29) is 5.92 Å². The van der Waals surface area contributed by atoms with Crippen LogP contribution in [0.15, 0.2) is 30.3 Å². The summed E-state index contributed by atoms with van der Waals surface area (Å²) in [5, 5.41) is 7.94. The third-order valence-corrected chi connectivity index (χ3v) is 2.63. The highest BCUT2D eigenvalue weighted by atomic mass is 16.1. The van der Waals surface area contributed by atoms with Crippen molar-refractivity contribution in [3.8, 4) is 0 Å². The van der Waals surface area contributed by atoms with Gasteiger partial charge in [0.05, 0.1) is 12.2 Å². The number of hydrogen-bond acceptors (Lipinski definition) is 3. The lowest BCUT2D eigenvalue weighted by atomic mass is 10.1. The van der Waals surface area contributed by atoms with Gasteiger partial charge in [-0.05, 0) is 11.5 Å². The van der Waals surface area contributed by atoms with Gasteiger partial charge in [-0.15, -0.1) is 5.10 Å². The summed E-state index contributed by atoms with van der Waals surface area (Å²) in [4.78, 5) is 10.9. The molecule has 0 saturated carbocycles. The molecule has 4 heteroatoms. The van der Waals surface area contributed by atoms with Crippen molar-refractivity contribution in [3.63, 3.8) is 0 Å². The summed E-state index contributed by atoms with van der Waals surface area (Å²) in [6, 6.07) is 10.0. The smallest absolute Gasteiger partial charge is 0.172 e. The zero-order valence-electron chi connectivity index (χ0n) is 10.00. The third kappa shape index (κ3) is 2.41. The van der Waals surface area contributed by atoms with Crippen LogP contribution < -0.4 is 0 Å². The van der Waals surface area contributed by atoms with Crippen molar-refractivity contribution in [2.24, 2.45) is 0 Å². The highest BCUT2D eigenvalue weighted by Crippen LogP contribution is 2.17. The van der Waals surface area contributed by atoms with Crippen LogP contribution in [0.1, 0.15) is 41.5 Å². The summed E-state index contributed by atoms with van der Waals surface area (Å²) in [7, 11) is 0. The van der Waals surface area contributed by atoms with E-state index < -0.39 is 0 Å². The Labute approximate surface area is 100 Å². The molecule has 0 aliphatic heterocycles. The Bertz CT molecular complexity index is 503. The quantitative estimate of drug-likeness (QED) is 0.755. The molecule has 0 fully saturated rings. The summed E-state index contributed by atoms with van der Waals surface area (Å²) in [6.07, 6.45) is 0.768. The lowest BCUT2D eigenvalue weighted by molar-refractivity contribution is 0.111. The fraction of sp³-hybridized carbons (Fsp3) is 0.308. The number of carbonyl (C=O) groups is 1. The lowest BCUT2D eigenvalue weighted by Crippen LogP contribution is -2.08. The van der Waals surface area contributed by atoms with Crippen LogP contribution in [-0.4, -0.2) is 21.3 Å². The molecule has 88 valence electrons. The normalized spacial score (nSPS) is 10.8. The van der Waals surface area contributed by atoms with E-state index in [2.05, 4.69) is 10.3 Å². The molecule has 0 saturated heterocycles. The molecule has 0 unspecified atom stereocenters. The van der Waals surface area contributed by atoms with Gasteiger partial charge in [0.15, 0.2) is 6.29 Å². The Morgan fingerprint density at radius 1 is 1.29 bits per heavy atom. The van der Waals surface area contributed by atoms with Gasteiger partial charge in [0, 0.05) is 0 Å². The SMILES string of the molecule is CC(C)c1c(C=O)nnn1Cc1ccccc1. The second-order valence-electron chi connectivity index (χ2n) is 4.28. The highest BCUT2D eigenvalue weighted by Gasteiger charge is 2.15. The number of nitrogens with zero attached hydrogens (tertiary/aromatic N) is 3. The van der Waals surface area contributed by atoms with E-state index in [0.29, 0.717) is 12.2 Å². The molecule has 0 atom stereocenters. The molecule has 2 aromatic rings. The van der Waals surface area contributed by atoms with Crippen LogP contribution in [0.3, 0.4) is 0 Å². The van der Waals surface area contributed by atoms with Gasteiger partial charge in [0.1, 0.15) is 5.69 Å². The first-order chi connectivity index (χ1) is 8.22. The van der Waals surface area contributed by atoms with Crippen molar-refractivity contribution in [1.29, 1.82) is 0 Å². The minimum Gasteiger partial charge on any atom is -0.296 e. The molecular weight excluding hydrogens is 214 g/mol. The molecule has 0 amide bonds. The van der Waals surface area contributed by atoms with Gasteiger partial charge in [-0.1, -0.05) is 49.4 Å². The van der Waals surface area contributed by atoms with E-state index in [0.717, 1.165) is 17.5 Å². The molecule has 0 aliphatic carbocycles. The van der Waals surface area contributed by atoms with Crippen LogP contribution >= 0.6 is 0 Å². The summed E-state index contributed by atoms with van der Waals surface area (Å²) in [6.45, 7) is 4.72. The van der Waals surface area contributed by atoms with Crippen LogP contribution in [0.25, 0.3) is 0 Å². The lowest BCUT2D eigenvalue weighted by Gasteiger charge is -2.09. The Hall–Kier alpha value is -1.97. The van der Waals surface area contributed by atoms with Gasteiger partial charge in [-0.2, -0.15) is 0 Å². The Morgan fingerprint density at radius 3 is 2.59 bits per heavy atom. The van der Waals surface area contributed by atoms with E-state index in [1.165, 1.54) is 0 Å². The largest absolute Gasteiger partial charge is 0.296 e. The predicted octanol–water partition coefficient (Wildman–Crippen LogP) is 2.26. The summed E-state index contributed by atoms with van der Waals surface area (Å²) in [5.74, 6) is 0.230. The van der Waals surface area contributed by atoms with Crippen molar-refractivity contribution >= 4 is 6.29 Å². The molecule has 0 aliphatic rings. The van der Waals surface area contributed by atoms with E-state index in [1.807, 2.05) is 44.2 Å². The molecule has 17 heavy (non-hydrogen) atoms. The maximum absolute atomic E-state index is 10.9. The number of rotatable bonds is 4. The van der Waals surface area contributed by atoms with Crippen molar-refractivity contribution < 1.29 is 4.79 Å². The summed E-state index contributed by atoms with van der Waals surface area (Å²) >= 11 is 0. The monoisotopic (exact) mass is 229 g/mol. The van der Waals surface area contributed by atoms with E-state index in [9.17, 15) is 4.79 Å². The molecule has 0 bridgehead atoms. The Morgan fingerprint density at radius 2 is 2.00 bits per heavy atom. The second kappa shape index (κ2) is 4.91. The van der Waals surface area contributed by atoms with Crippen LogP contribution in [0.5, 0.6) is 0 Å². The first-order valence-electron chi connectivity index (χ1n) is 5.65. The van der Waals surface area contributed by atoms with Crippen LogP contribution in [-0.2, 0) is 6.54 Å². The fourth-order valence-corrected chi connectivity index (χ4v) is 1.88. The molecule has 1 heterocycles. The minimum atomic E-state index is 0.230. The second-order valence-corrected chi connectivity index (χ2v) is 4.28. The molecule has 1 aromatic heterocycles. The maximum Gasteiger partial charge on any atom is 0.172 e. The predicted molar refractivity (Wildman–Crippen MR) is 65.0 cm³/mol. The Kier molecular flexibility index (Phi) is 3.32. The average Bonchev–Trinajstić information content (AvgIpc) is 2.73. The van der Waals surface area contributed by atoms with Gasteiger partial charge in [-0.3, -0.25) is 4.79 Å². The van der Waals surface area contributed by atoms with Gasteiger partial charge in [0.25, 0.3) is 0 Å². The summed E-state index contributed by atoms with van der Waals surface area (Å²) < 4.78 is 1.80. The van der Waals surface area contributed by atoms with Gasteiger partial charge >= 0.3 is 0 Å². The van der Waals surface area contributed by atoms with E-state index in [4.69, 9.17) is 0 Å².